The van der Waals surface area contributed by atoms with Crippen LogP contribution >= 0.6 is 0 Å². The second-order valence-electron chi connectivity index (χ2n) is 4.43. The van der Waals surface area contributed by atoms with Crippen molar-refractivity contribution >= 4 is 10.0 Å². The summed E-state index contributed by atoms with van der Waals surface area (Å²) in [7, 11) is -3.14. The Bertz CT molecular complexity index is 284. The summed E-state index contributed by atoms with van der Waals surface area (Å²) in [4.78, 5) is 0. The number of hydrogen-bond acceptors (Lipinski definition) is 4. The molecule has 0 atom stereocenters. The molecule has 0 radical (unpaired) electrons. The third-order valence-corrected chi connectivity index (χ3v) is 3.92. The van der Waals surface area contributed by atoms with Crippen molar-refractivity contribution in [2.75, 3.05) is 25.5 Å². The summed E-state index contributed by atoms with van der Waals surface area (Å²) < 4.78 is 31.3. The Kier molecular flexibility index (Phi) is 5.68. The topological polar surface area (TPSA) is 67.4 Å². The second-order valence-corrected chi connectivity index (χ2v) is 6.31. The third kappa shape index (κ3) is 5.79. The smallest absolute Gasteiger partial charge is 0.213 e. The highest BCUT2D eigenvalue weighted by Gasteiger charge is 2.19. The summed E-state index contributed by atoms with van der Waals surface area (Å²) in [6.45, 7) is 5.79. The first-order chi connectivity index (χ1) is 7.49. The maximum absolute atomic E-state index is 11.7. The van der Waals surface area contributed by atoms with E-state index < -0.39 is 10.0 Å². The van der Waals surface area contributed by atoms with Crippen molar-refractivity contribution in [3.05, 3.63) is 0 Å². The largest absolute Gasteiger partial charge is 0.381 e. The highest BCUT2D eigenvalue weighted by Crippen LogP contribution is 2.07. The number of hydrogen-bond donors (Lipinski definition) is 2. The van der Waals surface area contributed by atoms with E-state index in [0.29, 0.717) is 25.8 Å². The van der Waals surface area contributed by atoms with Gasteiger partial charge >= 0.3 is 0 Å². The van der Waals surface area contributed by atoms with Crippen LogP contribution in [0.2, 0.25) is 0 Å². The lowest BCUT2D eigenvalue weighted by Crippen LogP contribution is -2.42. The maximum Gasteiger partial charge on any atom is 0.213 e. The van der Waals surface area contributed by atoms with E-state index in [1.807, 2.05) is 13.8 Å². The van der Waals surface area contributed by atoms with E-state index in [0.717, 1.165) is 12.8 Å². The lowest BCUT2D eigenvalue weighted by Gasteiger charge is -2.23. The lowest BCUT2D eigenvalue weighted by atomic mass is 10.1. The molecule has 2 N–H and O–H groups in total. The van der Waals surface area contributed by atoms with E-state index in [2.05, 4.69) is 10.0 Å². The van der Waals surface area contributed by atoms with E-state index in [4.69, 9.17) is 4.74 Å². The molecule has 0 saturated carbocycles. The molecular weight excluding hydrogens is 228 g/mol. The molecule has 1 saturated heterocycles. The molecule has 1 heterocycles. The molecule has 1 aliphatic heterocycles. The molecule has 0 aromatic rings. The zero-order valence-corrected chi connectivity index (χ0v) is 10.8. The van der Waals surface area contributed by atoms with Gasteiger partial charge in [0.15, 0.2) is 0 Å². The Balaban J connectivity index is 2.27. The van der Waals surface area contributed by atoms with Crippen LogP contribution in [0.5, 0.6) is 0 Å². The van der Waals surface area contributed by atoms with Gasteiger partial charge in [0.2, 0.25) is 10.0 Å². The van der Waals surface area contributed by atoms with E-state index in [1.165, 1.54) is 0 Å². The van der Waals surface area contributed by atoms with Gasteiger partial charge in [0.05, 0.1) is 5.75 Å². The van der Waals surface area contributed by atoms with Crippen LogP contribution in [0.3, 0.4) is 0 Å². The van der Waals surface area contributed by atoms with Gasteiger partial charge in [-0.15, -0.1) is 0 Å². The van der Waals surface area contributed by atoms with Crippen LogP contribution in [0.15, 0.2) is 0 Å². The van der Waals surface area contributed by atoms with Crippen molar-refractivity contribution in [3.63, 3.8) is 0 Å². The van der Waals surface area contributed by atoms with Gasteiger partial charge in [-0.1, -0.05) is 13.8 Å². The molecular formula is C10H22N2O3S. The van der Waals surface area contributed by atoms with E-state index >= 15 is 0 Å². The Morgan fingerprint density at radius 1 is 1.31 bits per heavy atom. The van der Waals surface area contributed by atoms with Gasteiger partial charge in [-0.3, -0.25) is 0 Å². The van der Waals surface area contributed by atoms with Crippen LogP contribution in [0.25, 0.3) is 0 Å². The van der Waals surface area contributed by atoms with Gasteiger partial charge in [-0.25, -0.2) is 13.1 Å². The molecule has 1 fully saturated rings. The summed E-state index contributed by atoms with van der Waals surface area (Å²) in [6, 6.07) is 0.371. The fraction of sp³-hybridized carbons (Fsp3) is 1.00. The van der Waals surface area contributed by atoms with Gasteiger partial charge < -0.3 is 10.1 Å². The monoisotopic (exact) mass is 250 g/mol. The fourth-order valence-electron chi connectivity index (χ4n) is 1.61. The van der Waals surface area contributed by atoms with Crippen molar-refractivity contribution in [1.29, 1.82) is 0 Å². The highest BCUT2D eigenvalue weighted by atomic mass is 32.2. The Hall–Kier alpha value is -0.170. The Morgan fingerprint density at radius 2 is 1.94 bits per heavy atom. The number of sulfonamides is 1. The van der Waals surface area contributed by atoms with Crippen molar-refractivity contribution in [2.24, 2.45) is 0 Å². The number of rotatable bonds is 6. The molecule has 0 unspecified atom stereocenters. The molecule has 1 aliphatic rings. The van der Waals surface area contributed by atoms with Crippen LogP contribution < -0.4 is 10.0 Å². The Labute approximate surface area is 98.0 Å². The van der Waals surface area contributed by atoms with Crippen LogP contribution in [-0.4, -0.2) is 46.0 Å². The molecule has 0 aromatic heterocycles. The highest BCUT2D eigenvalue weighted by molar-refractivity contribution is 7.89. The van der Waals surface area contributed by atoms with Gasteiger partial charge in [-0.05, 0) is 12.8 Å². The molecule has 1 rings (SSSR count). The first-order valence-corrected chi connectivity index (χ1v) is 7.46. The minimum atomic E-state index is -3.14. The average Bonchev–Trinajstić information content (AvgIpc) is 2.17. The normalized spacial score (nSPS) is 19.2. The van der Waals surface area contributed by atoms with Crippen molar-refractivity contribution in [3.8, 4) is 0 Å². The minimum absolute atomic E-state index is 0.0535. The molecule has 6 heteroatoms. The molecule has 96 valence electrons. The van der Waals surface area contributed by atoms with Gasteiger partial charge in [-0.2, -0.15) is 0 Å². The standard InChI is InChI=1S/C10H22N2O3S/c1-9(2)11-5-8-16(13,14)12-10-3-6-15-7-4-10/h9-12H,3-8H2,1-2H3. The van der Waals surface area contributed by atoms with Crippen LogP contribution in [0.4, 0.5) is 0 Å². The van der Waals surface area contributed by atoms with Crippen molar-refractivity contribution in [1.82, 2.24) is 10.0 Å². The summed E-state index contributed by atoms with van der Waals surface area (Å²) >= 11 is 0. The molecule has 16 heavy (non-hydrogen) atoms. The van der Waals surface area contributed by atoms with Gasteiger partial charge in [0, 0.05) is 31.8 Å². The zero-order valence-electron chi connectivity index (χ0n) is 10.0. The quantitative estimate of drug-likeness (QED) is 0.701. The summed E-state index contributed by atoms with van der Waals surface area (Å²) in [5, 5.41) is 3.09. The van der Waals surface area contributed by atoms with Crippen LogP contribution in [0.1, 0.15) is 26.7 Å². The predicted molar refractivity (Wildman–Crippen MR) is 63.9 cm³/mol. The summed E-state index contributed by atoms with van der Waals surface area (Å²) in [5.74, 6) is 0.141. The fourth-order valence-corrected chi connectivity index (χ4v) is 2.86. The molecule has 0 aromatic carbocycles. The summed E-state index contributed by atoms with van der Waals surface area (Å²) in [6.07, 6.45) is 1.55. The molecule has 5 nitrogen and oxygen atoms in total. The first-order valence-electron chi connectivity index (χ1n) is 5.81. The van der Waals surface area contributed by atoms with Crippen molar-refractivity contribution < 1.29 is 13.2 Å². The molecule has 0 bridgehead atoms. The van der Waals surface area contributed by atoms with Crippen molar-refractivity contribution in [2.45, 2.75) is 38.8 Å². The van der Waals surface area contributed by atoms with Gasteiger partial charge in [0.25, 0.3) is 0 Å². The third-order valence-electron chi connectivity index (χ3n) is 2.49. The zero-order chi connectivity index (χ0) is 12.0. The lowest BCUT2D eigenvalue weighted by molar-refractivity contribution is 0.0832. The van der Waals surface area contributed by atoms with Crippen LogP contribution in [0, 0.1) is 0 Å². The molecule has 0 aliphatic carbocycles. The van der Waals surface area contributed by atoms with E-state index in [-0.39, 0.29) is 11.8 Å². The van der Waals surface area contributed by atoms with E-state index in [1.54, 1.807) is 0 Å². The second kappa shape index (κ2) is 6.54. The van der Waals surface area contributed by atoms with Gasteiger partial charge in [0.1, 0.15) is 0 Å². The average molecular weight is 250 g/mol. The molecule has 0 amide bonds. The SMILES string of the molecule is CC(C)NCCS(=O)(=O)NC1CCOCC1. The molecule has 0 spiro atoms. The Morgan fingerprint density at radius 3 is 2.50 bits per heavy atom. The van der Waals surface area contributed by atoms with E-state index in [9.17, 15) is 8.42 Å². The minimum Gasteiger partial charge on any atom is -0.381 e. The predicted octanol–water partition coefficient (Wildman–Crippen LogP) is 0.0828. The van der Waals surface area contributed by atoms with Crippen LogP contribution in [-0.2, 0) is 14.8 Å². The number of nitrogens with one attached hydrogen (secondary N) is 2. The summed E-state index contributed by atoms with van der Waals surface area (Å²) in [5.41, 5.74) is 0. The number of ether oxygens (including phenoxy) is 1. The first kappa shape index (κ1) is 13.9. The maximum atomic E-state index is 11.7.